The molecule has 2 aromatic carbocycles. The molecule has 0 spiro atoms. The summed E-state index contributed by atoms with van der Waals surface area (Å²) >= 11 is 6.03. The van der Waals surface area contributed by atoms with E-state index in [0.717, 1.165) is 47.8 Å². The second kappa shape index (κ2) is 10.7. The van der Waals surface area contributed by atoms with E-state index < -0.39 is 0 Å². The number of aromatic nitrogens is 3. The van der Waals surface area contributed by atoms with Crippen molar-refractivity contribution in [1.29, 1.82) is 0 Å². The number of fused-ring (bicyclic) bond motifs is 1. The Morgan fingerprint density at radius 2 is 1.86 bits per heavy atom. The molecule has 1 amide bonds. The summed E-state index contributed by atoms with van der Waals surface area (Å²) in [5.41, 5.74) is 4.63. The zero-order valence-corrected chi connectivity index (χ0v) is 21.2. The largest absolute Gasteiger partial charge is 0.378 e. The molecule has 4 aromatic rings. The van der Waals surface area contributed by atoms with Gasteiger partial charge in [0.15, 0.2) is 11.6 Å². The molecule has 0 atom stereocenters. The maximum atomic E-state index is 12.5. The van der Waals surface area contributed by atoms with E-state index in [-0.39, 0.29) is 12.3 Å². The smallest absolute Gasteiger partial charge is 0.228 e. The van der Waals surface area contributed by atoms with E-state index in [1.807, 2.05) is 40.9 Å². The van der Waals surface area contributed by atoms with Crippen LogP contribution in [0, 0.1) is 0 Å². The van der Waals surface area contributed by atoms with Gasteiger partial charge in [-0.15, -0.1) is 5.10 Å². The first kappa shape index (κ1) is 24.2. The van der Waals surface area contributed by atoms with Gasteiger partial charge in [-0.2, -0.15) is 0 Å². The molecule has 0 aliphatic carbocycles. The van der Waals surface area contributed by atoms with Crippen LogP contribution in [-0.4, -0.2) is 65.8 Å². The van der Waals surface area contributed by atoms with Crippen molar-refractivity contribution in [2.45, 2.75) is 13.0 Å². The zero-order chi connectivity index (χ0) is 25.1. The molecule has 0 saturated carbocycles. The van der Waals surface area contributed by atoms with Crippen LogP contribution in [0.3, 0.4) is 0 Å². The number of anilines is 2. The molecule has 1 aliphatic rings. The Hall–Kier alpha value is -3.46. The maximum Gasteiger partial charge on any atom is 0.228 e. The number of benzene rings is 2. The van der Waals surface area contributed by atoms with Gasteiger partial charge in [0.2, 0.25) is 5.91 Å². The van der Waals surface area contributed by atoms with Gasteiger partial charge in [0, 0.05) is 42.1 Å². The lowest BCUT2D eigenvalue weighted by atomic mass is 10.1. The lowest BCUT2D eigenvalue weighted by Gasteiger charge is -2.28. The summed E-state index contributed by atoms with van der Waals surface area (Å²) in [6.45, 7) is 3.77. The number of amides is 1. The molecule has 0 unspecified atom stereocenters. The van der Waals surface area contributed by atoms with Crippen molar-refractivity contribution in [2.24, 2.45) is 0 Å². The van der Waals surface area contributed by atoms with Crippen molar-refractivity contribution < 1.29 is 9.53 Å². The van der Waals surface area contributed by atoms with Crippen molar-refractivity contribution in [2.75, 3.05) is 50.6 Å². The predicted molar refractivity (Wildman–Crippen MR) is 143 cm³/mol. The van der Waals surface area contributed by atoms with Crippen LogP contribution < -0.4 is 10.2 Å². The van der Waals surface area contributed by atoms with E-state index in [9.17, 15) is 4.79 Å². The molecule has 3 heterocycles. The summed E-state index contributed by atoms with van der Waals surface area (Å²) in [6.07, 6.45) is 2.32. The first-order valence-corrected chi connectivity index (χ1v) is 12.3. The number of rotatable bonds is 7. The fourth-order valence-corrected chi connectivity index (χ4v) is 4.57. The minimum absolute atomic E-state index is 0.0990. The van der Waals surface area contributed by atoms with Crippen LogP contribution in [-0.2, 0) is 22.5 Å². The van der Waals surface area contributed by atoms with Crippen LogP contribution in [0.5, 0.6) is 0 Å². The molecular formula is C27H29ClN6O2. The van der Waals surface area contributed by atoms with Crippen LogP contribution >= 0.6 is 11.6 Å². The number of hydrogen-bond acceptors (Lipinski definition) is 6. The Bertz CT molecular complexity index is 1360. The zero-order valence-electron chi connectivity index (χ0n) is 20.4. The molecule has 1 aliphatic heterocycles. The van der Waals surface area contributed by atoms with Gasteiger partial charge in [-0.05, 0) is 67.7 Å². The molecule has 5 rings (SSSR count). The SMILES string of the molecule is CN(C)Cc1cc2c(N3CCOCC3)nc(-c3ccc(NC(=O)Cc4cccc(Cl)c4)cc3)nn2c1. The number of carbonyl (C=O) groups excluding carboxylic acids is 1. The molecule has 1 saturated heterocycles. The highest BCUT2D eigenvalue weighted by Gasteiger charge is 2.19. The maximum absolute atomic E-state index is 12.5. The number of morpholine rings is 1. The normalized spacial score (nSPS) is 13.9. The standard InChI is InChI=1S/C27H29ClN6O2/c1-32(2)17-20-15-24-27(33-10-12-36-13-11-33)30-26(31-34(24)18-20)21-6-8-23(9-7-21)29-25(35)16-19-4-3-5-22(28)14-19/h3-9,14-15,18H,10-13,16-17H2,1-2H3,(H,29,35). The van der Waals surface area contributed by atoms with Crippen molar-refractivity contribution in [3.8, 4) is 11.4 Å². The minimum Gasteiger partial charge on any atom is -0.378 e. The monoisotopic (exact) mass is 504 g/mol. The van der Waals surface area contributed by atoms with E-state index in [2.05, 4.69) is 41.5 Å². The summed E-state index contributed by atoms with van der Waals surface area (Å²) < 4.78 is 7.48. The molecule has 36 heavy (non-hydrogen) atoms. The molecule has 186 valence electrons. The highest BCUT2D eigenvalue weighted by atomic mass is 35.5. The quantitative estimate of drug-likeness (QED) is 0.408. The highest BCUT2D eigenvalue weighted by Crippen LogP contribution is 2.27. The summed E-state index contributed by atoms with van der Waals surface area (Å²) in [5.74, 6) is 1.44. The Kier molecular flexibility index (Phi) is 7.18. The number of carbonyl (C=O) groups is 1. The number of hydrogen-bond donors (Lipinski definition) is 1. The number of nitrogens with zero attached hydrogens (tertiary/aromatic N) is 5. The molecule has 1 fully saturated rings. The van der Waals surface area contributed by atoms with Gasteiger partial charge in [-0.25, -0.2) is 9.50 Å². The van der Waals surface area contributed by atoms with Gasteiger partial charge in [-0.3, -0.25) is 4.79 Å². The third-order valence-corrected chi connectivity index (χ3v) is 6.23. The van der Waals surface area contributed by atoms with Gasteiger partial charge in [0.05, 0.1) is 19.6 Å². The van der Waals surface area contributed by atoms with Crippen molar-refractivity contribution in [3.05, 3.63) is 76.9 Å². The molecule has 8 nitrogen and oxygen atoms in total. The third-order valence-electron chi connectivity index (χ3n) is 5.99. The van der Waals surface area contributed by atoms with E-state index in [1.165, 1.54) is 5.56 Å². The van der Waals surface area contributed by atoms with Crippen LogP contribution in [0.25, 0.3) is 16.9 Å². The molecule has 9 heteroatoms. The van der Waals surface area contributed by atoms with Gasteiger partial charge in [0.1, 0.15) is 5.52 Å². The van der Waals surface area contributed by atoms with E-state index in [1.54, 1.807) is 12.1 Å². The van der Waals surface area contributed by atoms with Crippen molar-refractivity contribution >= 4 is 34.5 Å². The summed E-state index contributed by atoms with van der Waals surface area (Å²) in [4.78, 5) is 21.9. The number of nitrogens with one attached hydrogen (secondary N) is 1. The Morgan fingerprint density at radius 3 is 2.58 bits per heavy atom. The summed E-state index contributed by atoms with van der Waals surface area (Å²) in [6, 6.07) is 17.1. The first-order chi connectivity index (χ1) is 17.4. The molecule has 2 aromatic heterocycles. The van der Waals surface area contributed by atoms with Crippen LogP contribution in [0.15, 0.2) is 60.8 Å². The topological polar surface area (TPSA) is 75.0 Å². The Balaban J connectivity index is 1.39. The van der Waals surface area contributed by atoms with Gasteiger partial charge in [-0.1, -0.05) is 23.7 Å². The van der Waals surface area contributed by atoms with Crippen molar-refractivity contribution in [3.63, 3.8) is 0 Å². The average molecular weight is 505 g/mol. The van der Waals surface area contributed by atoms with E-state index in [0.29, 0.717) is 24.1 Å². The van der Waals surface area contributed by atoms with Gasteiger partial charge in [0.25, 0.3) is 0 Å². The molecular weight excluding hydrogens is 476 g/mol. The summed E-state index contributed by atoms with van der Waals surface area (Å²) in [5, 5.41) is 8.38. The fourth-order valence-electron chi connectivity index (χ4n) is 4.36. The van der Waals surface area contributed by atoms with Crippen LogP contribution in [0.4, 0.5) is 11.5 Å². The molecule has 0 radical (unpaired) electrons. The van der Waals surface area contributed by atoms with Crippen LogP contribution in [0.1, 0.15) is 11.1 Å². The third kappa shape index (κ3) is 5.67. The van der Waals surface area contributed by atoms with Crippen LogP contribution in [0.2, 0.25) is 5.02 Å². The van der Waals surface area contributed by atoms with Gasteiger partial charge >= 0.3 is 0 Å². The van der Waals surface area contributed by atoms with E-state index >= 15 is 0 Å². The first-order valence-electron chi connectivity index (χ1n) is 12.0. The van der Waals surface area contributed by atoms with E-state index in [4.69, 9.17) is 26.4 Å². The van der Waals surface area contributed by atoms with Gasteiger partial charge < -0.3 is 19.9 Å². The second-order valence-electron chi connectivity index (χ2n) is 9.21. The second-order valence-corrected chi connectivity index (χ2v) is 9.64. The minimum atomic E-state index is -0.0990. The molecule has 1 N–H and O–H groups in total. The number of halogens is 1. The predicted octanol–water partition coefficient (Wildman–Crippen LogP) is 4.13. The number of ether oxygens (including phenoxy) is 1. The summed E-state index contributed by atoms with van der Waals surface area (Å²) in [7, 11) is 4.11. The molecule has 0 bridgehead atoms. The average Bonchev–Trinajstić information content (AvgIpc) is 3.26. The Labute approximate surface area is 215 Å². The highest BCUT2D eigenvalue weighted by molar-refractivity contribution is 6.30. The van der Waals surface area contributed by atoms with Crippen molar-refractivity contribution in [1.82, 2.24) is 19.5 Å². The Morgan fingerprint density at radius 1 is 1.08 bits per heavy atom. The lowest BCUT2D eigenvalue weighted by Crippen LogP contribution is -2.37. The fraction of sp³-hybridized carbons (Fsp3) is 0.296. The lowest BCUT2D eigenvalue weighted by molar-refractivity contribution is -0.115.